The first-order valence-corrected chi connectivity index (χ1v) is 12.2. The van der Waals surface area contributed by atoms with Gasteiger partial charge in [-0.15, -0.1) is 0 Å². The van der Waals surface area contributed by atoms with Gasteiger partial charge in [-0.05, 0) is 69.0 Å². The summed E-state index contributed by atoms with van der Waals surface area (Å²) in [6, 6.07) is 5.65. The van der Waals surface area contributed by atoms with Gasteiger partial charge in [0.25, 0.3) is 0 Å². The average Bonchev–Trinajstić information content (AvgIpc) is 3.56. The fourth-order valence-corrected chi connectivity index (χ4v) is 6.09. The van der Waals surface area contributed by atoms with Crippen LogP contribution in [0.4, 0.5) is 27.9 Å². The van der Waals surface area contributed by atoms with E-state index >= 15 is 0 Å². The van der Waals surface area contributed by atoms with Crippen molar-refractivity contribution < 1.29 is 9.13 Å². The molecule has 2 saturated carbocycles. The number of rotatable bonds is 8. The van der Waals surface area contributed by atoms with Crippen LogP contribution in [0.3, 0.4) is 0 Å². The van der Waals surface area contributed by atoms with Crippen LogP contribution in [0.1, 0.15) is 51.9 Å². The second kappa shape index (κ2) is 9.29. The van der Waals surface area contributed by atoms with Crippen LogP contribution < -0.4 is 26.0 Å². The Kier molecular flexibility index (Phi) is 6.23. The van der Waals surface area contributed by atoms with Crippen molar-refractivity contribution in [2.45, 2.75) is 70.0 Å². The Morgan fingerprint density at radius 2 is 2.12 bits per heavy atom. The second-order valence-electron chi connectivity index (χ2n) is 9.61. The van der Waals surface area contributed by atoms with Gasteiger partial charge < -0.3 is 26.0 Å². The highest BCUT2D eigenvalue weighted by molar-refractivity contribution is 5.62. The normalized spacial score (nSPS) is 27.0. The van der Waals surface area contributed by atoms with Crippen LogP contribution in [0.25, 0.3) is 0 Å². The van der Waals surface area contributed by atoms with Crippen LogP contribution in [-0.4, -0.2) is 46.7 Å². The highest BCUT2D eigenvalue weighted by atomic mass is 19.1. The van der Waals surface area contributed by atoms with Crippen LogP contribution in [0.2, 0.25) is 0 Å². The Hall–Kier alpha value is -2.68. The molecule has 1 aliphatic heterocycles. The molecule has 178 valence electrons. The van der Waals surface area contributed by atoms with Crippen molar-refractivity contribution in [1.82, 2.24) is 20.3 Å². The molecule has 5 unspecified atom stereocenters. The SMILES string of the molecule is CCC(C1CCCN1)N(c1ccc(OC)c(F)c1)c1nc(N)nc(NC2CC3CCC2C3)n1. The number of benzene rings is 1. The van der Waals surface area contributed by atoms with Gasteiger partial charge in [0.1, 0.15) is 0 Å². The number of anilines is 4. The number of methoxy groups -OCH3 is 1. The van der Waals surface area contributed by atoms with E-state index in [2.05, 4.69) is 27.5 Å². The number of hydrogen-bond donors (Lipinski definition) is 3. The number of hydrogen-bond acceptors (Lipinski definition) is 8. The molecule has 3 aliphatic rings. The predicted octanol–water partition coefficient (Wildman–Crippen LogP) is 3.87. The fraction of sp³-hybridized carbons (Fsp3) is 0.625. The molecule has 0 amide bonds. The van der Waals surface area contributed by atoms with Gasteiger partial charge in [-0.2, -0.15) is 15.0 Å². The highest BCUT2D eigenvalue weighted by Gasteiger charge is 2.40. The molecule has 1 saturated heterocycles. The van der Waals surface area contributed by atoms with Crippen LogP contribution in [0.15, 0.2) is 18.2 Å². The zero-order valence-electron chi connectivity index (χ0n) is 19.4. The number of nitrogen functional groups attached to an aromatic ring is 1. The maximum Gasteiger partial charge on any atom is 0.236 e. The Bertz CT molecular complexity index is 983. The van der Waals surface area contributed by atoms with Crippen LogP contribution in [-0.2, 0) is 0 Å². The lowest BCUT2D eigenvalue weighted by Crippen LogP contribution is -2.46. The number of nitrogens with zero attached hydrogens (tertiary/aromatic N) is 4. The minimum Gasteiger partial charge on any atom is -0.494 e. The summed E-state index contributed by atoms with van der Waals surface area (Å²) in [6.07, 6.45) is 8.03. The number of ether oxygens (including phenoxy) is 1. The van der Waals surface area contributed by atoms with Crippen molar-refractivity contribution in [3.63, 3.8) is 0 Å². The van der Waals surface area contributed by atoms with E-state index in [0.717, 1.165) is 38.1 Å². The summed E-state index contributed by atoms with van der Waals surface area (Å²) in [4.78, 5) is 15.7. The lowest BCUT2D eigenvalue weighted by molar-refractivity contribution is 0.386. The molecule has 4 N–H and O–H groups in total. The van der Waals surface area contributed by atoms with Crippen molar-refractivity contribution in [3.05, 3.63) is 24.0 Å². The maximum absolute atomic E-state index is 14.7. The first kappa shape index (κ1) is 22.1. The molecular formula is C24H34FN7O. The summed E-state index contributed by atoms with van der Waals surface area (Å²) in [6.45, 7) is 3.11. The van der Waals surface area contributed by atoms with Crippen LogP contribution in [0, 0.1) is 17.7 Å². The molecule has 8 nitrogen and oxygen atoms in total. The third-order valence-corrected chi connectivity index (χ3v) is 7.64. The Morgan fingerprint density at radius 1 is 1.24 bits per heavy atom. The standard InChI is InChI=1S/C24H34FN7O/c1-3-20(18-5-4-10-27-18)32(16-8-9-21(33-2)17(25)13-16)24-30-22(26)29-23(31-24)28-19-12-14-6-7-15(19)11-14/h8-9,13-15,18-20,27H,3-7,10-12H2,1-2H3,(H3,26,28,29,30,31). The van der Waals surface area contributed by atoms with E-state index in [9.17, 15) is 4.39 Å². The minimum absolute atomic E-state index is 0.0393. The summed E-state index contributed by atoms with van der Waals surface area (Å²) < 4.78 is 19.9. The summed E-state index contributed by atoms with van der Waals surface area (Å²) >= 11 is 0. The molecule has 33 heavy (non-hydrogen) atoms. The number of halogens is 1. The molecule has 5 rings (SSSR count). The van der Waals surface area contributed by atoms with E-state index in [1.54, 1.807) is 6.07 Å². The third kappa shape index (κ3) is 4.43. The van der Waals surface area contributed by atoms with E-state index in [0.29, 0.717) is 29.5 Å². The molecule has 2 bridgehead atoms. The second-order valence-corrected chi connectivity index (χ2v) is 9.61. The fourth-order valence-electron chi connectivity index (χ4n) is 6.09. The van der Waals surface area contributed by atoms with Gasteiger partial charge in [-0.1, -0.05) is 13.3 Å². The van der Waals surface area contributed by atoms with Gasteiger partial charge in [0.2, 0.25) is 17.8 Å². The smallest absolute Gasteiger partial charge is 0.236 e. The average molecular weight is 456 g/mol. The molecule has 0 radical (unpaired) electrons. The van der Waals surface area contributed by atoms with E-state index in [4.69, 9.17) is 15.5 Å². The summed E-state index contributed by atoms with van der Waals surface area (Å²) in [7, 11) is 1.47. The van der Waals surface area contributed by atoms with Gasteiger partial charge in [-0.3, -0.25) is 0 Å². The van der Waals surface area contributed by atoms with Crippen molar-refractivity contribution in [2.75, 3.05) is 29.6 Å². The molecule has 0 spiro atoms. The quantitative estimate of drug-likeness (QED) is 0.551. The lowest BCUT2D eigenvalue weighted by atomic mass is 9.95. The summed E-state index contributed by atoms with van der Waals surface area (Å²) in [5.74, 6) is 2.38. The van der Waals surface area contributed by atoms with Gasteiger partial charge in [-0.25, -0.2) is 4.39 Å². The summed E-state index contributed by atoms with van der Waals surface area (Å²) in [5, 5.41) is 7.13. The molecule has 3 fully saturated rings. The topological polar surface area (TPSA) is 101 Å². The highest BCUT2D eigenvalue weighted by Crippen LogP contribution is 2.45. The van der Waals surface area contributed by atoms with Gasteiger partial charge >= 0.3 is 0 Å². The molecule has 5 atom stereocenters. The molecule has 2 heterocycles. The lowest BCUT2D eigenvalue weighted by Gasteiger charge is -2.35. The van der Waals surface area contributed by atoms with Gasteiger partial charge in [0, 0.05) is 23.8 Å². The Morgan fingerprint density at radius 3 is 2.76 bits per heavy atom. The van der Waals surface area contributed by atoms with Crippen molar-refractivity contribution in [2.24, 2.45) is 11.8 Å². The van der Waals surface area contributed by atoms with Crippen molar-refractivity contribution >= 4 is 23.5 Å². The van der Waals surface area contributed by atoms with Crippen molar-refractivity contribution in [3.8, 4) is 5.75 Å². The van der Waals surface area contributed by atoms with E-state index in [1.165, 1.54) is 32.4 Å². The first-order chi connectivity index (χ1) is 16.1. The maximum atomic E-state index is 14.7. The minimum atomic E-state index is -0.420. The zero-order valence-corrected chi connectivity index (χ0v) is 19.4. The largest absolute Gasteiger partial charge is 0.494 e. The molecular weight excluding hydrogens is 421 g/mol. The van der Waals surface area contributed by atoms with Crippen LogP contribution >= 0.6 is 0 Å². The van der Waals surface area contributed by atoms with E-state index < -0.39 is 5.82 Å². The summed E-state index contributed by atoms with van der Waals surface area (Å²) in [5.41, 5.74) is 6.83. The molecule has 2 aromatic rings. The number of nitrogens with two attached hydrogens (primary N) is 1. The number of fused-ring (bicyclic) bond motifs is 2. The molecule has 9 heteroatoms. The molecule has 2 aliphatic carbocycles. The molecule has 1 aromatic heterocycles. The van der Waals surface area contributed by atoms with Gasteiger partial charge in [0.15, 0.2) is 11.6 Å². The first-order valence-electron chi connectivity index (χ1n) is 12.2. The van der Waals surface area contributed by atoms with Crippen molar-refractivity contribution in [1.29, 1.82) is 0 Å². The number of nitrogens with one attached hydrogen (secondary N) is 2. The monoisotopic (exact) mass is 455 g/mol. The zero-order chi connectivity index (χ0) is 22.9. The van der Waals surface area contributed by atoms with Gasteiger partial charge in [0.05, 0.1) is 13.2 Å². The third-order valence-electron chi connectivity index (χ3n) is 7.64. The van der Waals surface area contributed by atoms with E-state index in [-0.39, 0.29) is 23.8 Å². The van der Waals surface area contributed by atoms with Crippen LogP contribution in [0.5, 0.6) is 5.75 Å². The molecule has 1 aromatic carbocycles. The van der Waals surface area contributed by atoms with E-state index in [1.807, 2.05) is 11.0 Å². The predicted molar refractivity (Wildman–Crippen MR) is 127 cm³/mol. The Balaban J connectivity index is 1.51. The Labute approximate surface area is 194 Å². The number of aromatic nitrogens is 3.